The van der Waals surface area contributed by atoms with E-state index in [2.05, 4.69) is 37.5 Å². The van der Waals surface area contributed by atoms with Gasteiger partial charge in [0.15, 0.2) is 0 Å². The molecule has 0 aromatic rings. The molecular weight excluding hydrogens is 246 g/mol. The zero-order valence-corrected chi connectivity index (χ0v) is 12.8. The van der Waals surface area contributed by atoms with Crippen molar-refractivity contribution >= 4 is 0 Å². The van der Waals surface area contributed by atoms with Crippen LogP contribution in [0.4, 0.5) is 8.78 Å². The normalized spacial score (nSPS) is 26.8. The van der Waals surface area contributed by atoms with Gasteiger partial charge in [-0.1, -0.05) is 0 Å². The Kier molecular flexibility index (Phi) is 3.96. The quantitative estimate of drug-likeness (QED) is 0.778. The van der Waals surface area contributed by atoms with Crippen LogP contribution in [0.2, 0.25) is 0 Å². The van der Waals surface area contributed by atoms with E-state index in [1.165, 1.54) is 12.8 Å². The number of hydrogen-bond acceptors (Lipinski definition) is 2. The number of alkyl halides is 2. The number of rotatable bonds is 3. The van der Waals surface area contributed by atoms with Gasteiger partial charge in [-0.15, -0.1) is 0 Å². The summed E-state index contributed by atoms with van der Waals surface area (Å²) in [7, 11) is 0. The van der Waals surface area contributed by atoms with Crippen LogP contribution in [-0.2, 0) is 0 Å². The van der Waals surface area contributed by atoms with Crippen LogP contribution < -0.4 is 0 Å². The number of likely N-dealkylation sites (tertiary alicyclic amines) is 2. The molecule has 2 rings (SSSR count). The van der Waals surface area contributed by atoms with Crippen LogP contribution in [0.1, 0.15) is 53.4 Å². The van der Waals surface area contributed by atoms with Gasteiger partial charge in [-0.25, -0.2) is 8.78 Å². The van der Waals surface area contributed by atoms with Crippen molar-refractivity contribution in [1.82, 2.24) is 9.80 Å². The van der Waals surface area contributed by atoms with Crippen molar-refractivity contribution in [2.45, 2.75) is 70.4 Å². The predicted octanol–water partition coefficient (Wildman–Crippen LogP) is 3.37. The summed E-state index contributed by atoms with van der Waals surface area (Å²) in [6, 6.07) is 0. The van der Waals surface area contributed by atoms with Crippen LogP contribution in [0, 0.1) is 0 Å². The lowest BCUT2D eigenvalue weighted by molar-refractivity contribution is -0.101. The van der Waals surface area contributed by atoms with E-state index >= 15 is 0 Å². The molecule has 0 N–H and O–H groups in total. The second-order valence-electron chi connectivity index (χ2n) is 7.16. The minimum absolute atomic E-state index is 0.00646. The third kappa shape index (κ3) is 2.80. The Balaban J connectivity index is 2.08. The molecule has 0 bridgehead atoms. The van der Waals surface area contributed by atoms with Crippen LogP contribution in [0.25, 0.3) is 0 Å². The van der Waals surface area contributed by atoms with Crippen molar-refractivity contribution in [3.05, 3.63) is 0 Å². The van der Waals surface area contributed by atoms with E-state index in [-0.39, 0.29) is 23.9 Å². The van der Waals surface area contributed by atoms with Gasteiger partial charge in [-0.05, 0) is 53.6 Å². The standard InChI is InChI=1S/C15H28F2N2/c1-13(2,18-9-5-6-10-18)14(3,4)19-11-7-15(16,17)8-12-19/h5-12H2,1-4H3. The molecule has 19 heavy (non-hydrogen) atoms. The van der Waals surface area contributed by atoms with Gasteiger partial charge < -0.3 is 0 Å². The van der Waals surface area contributed by atoms with Crippen LogP contribution >= 0.6 is 0 Å². The number of hydrogen-bond donors (Lipinski definition) is 0. The minimum atomic E-state index is -2.45. The van der Waals surface area contributed by atoms with Gasteiger partial charge in [0.2, 0.25) is 0 Å². The molecule has 0 radical (unpaired) electrons. The smallest absolute Gasteiger partial charge is 0.250 e. The first kappa shape index (κ1) is 15.2. The molecule has 0 amide bonds. The average molecular weight is 274 g/mol. The second kappa shape index (κ2) is 4.96. The fourth-order valence-electron chi connectivity index (χ4n) is 3.44. The van der Waals surface area contributed by atoms with Crippen LogP contribution in [0.3, 0.4) is 0 Å². The molecule has 2 heterocycles. The molecular formula is C15H28F2N2. The fraction of sp³-hybridized carbons (Fsp3) is 1.00. The van der Waals surface area contributed by atoms with E-state index in [9.17, 15) is 8.78 Å². The predicted molar refractivity (Wildman–Crippen MR) is 74.7 cm³/mol. The van der Waals surface area contributed by atoms with Gasteiger partial charge in [-0.3, -0.25) is 9.80 Å². The molecule has 4 heteroatoms. The summed E-state index contributed by atoms with van der Waals surface area (Å²) < 4.78 is 26.7. The Hall–Kier alpha value is -0.220. The molecule has 0 unspecified atom stereocenters. The molecule has 0 aromatic carbocycles. The Morgan fingerprint density at radius 2 is 1.11 bits per heavy atom. The van der Waals surface area contributed by atoms with E-state index in [1.54, 1.807) is 0 Å². The van der Waals surface area contributed by atoms with Crippen molar-refractivity contribution in [3.8, 4) is 0 Å². The van der Waals surface area contributed by atoms with E-state index in [0.717, 1.165) is 13.1 Å². The molecule has 2 aliphatic heterocycles. The summed E-state index contributed by atoms with van der Waals surface area (Å²) >= 11 is 0. The first-order chi connectivity index (χ1) is 8.67. The summed E-state index contributed by atoms with van der Waals surface area (Å²) in [5.41, 5.74) is -0.0516. The van der Waals surface area contributed by atoms with Crippen LogP contribution in [-0.4, -0.2) is 53.0 Å². The highest BCUT2D eigenvalue weighted by molar-refractivity contribution is 5.04. The fourth-order valence-corrected chi connectivity index (χ4v) is 3.44. The van der Waals surface area contributed by atoms with Gasteiger partial charge in [0, 0.05) is 37.0 Å². The summed E-state index contributed by atoms with van der Waals surface area (Å²) in [6.07, 6.45) is 2.54. The third-order valence-electron chi connectivity index (χ3n) is 5.68. The van der Waals surface area contributed by atoms with Crippen molar-refractivity contribution in [2.24, 2.45) is 0 Å². The lowest BCUT2D eigenvalue weighted by atomic mass is 9.78. The van der Waals surface area contributed by atoms with E-state index in [1.807, 2.05) is 0 Å². The van der Waals surface area contributed by atoms with Crippen molar-refractivity contribution in [3.63, 3.8) is 0 Å². The monoisotopic (exact) mass is 274 g/mol. The molecule has 0 aliphatic carbocycles. The molecule has 2 saturated heterocycles. The molecule has 2 nitrogen and oxygen atoms in total. The second-order valence-corrected chi connectivity index (χ2v) is 7.16. The molecule has 2 fully saturated rings. The molecule has 0 atom stereocenters. The Labute approximate surface area is 116 Å². The molecule has 0 aromatic heterocycles. The van der Waals surface area contributed by atoms with Gasteiger partial charge in [0.25, 0.3) is 5.92 Å². The molecule has 2 aliphatic rings. The molecule has 0 spiro atoms. The zero-order valence-electron chi connectivity index (χ0n) is 12.8. The number of piperidine rings is 1. The Morgan fingerprint density at radius 3 is 1.53 bits per heavy atom. The van der Waals surface area contributed by atoms with Crippen molar-refractivity contribution in [2.75, 3.05) is 26.2 Å². The van der Waals surface area contributed by atoms with E-state index in [4.69, 9.17) is 0 Å². The highest BCUT2D eigenvalue weighted by Crippen LogP contribution is 2.39. The van der Waals surface area contributed by atoms with E-state index < -0.39 is 5.92 Å². The van der Waals surface area contributed by atoms with Crippen LogP contribution in [0.15, 0.2) is 0 Å². The molecule has 112 valence electrons. The maximum absolute atomic E-state index is 13.3. The van der Waals surface area contributed by atoms with E-state index in [0.29, 0.717) is 13.1 Å². The summed E-state index contributed by atoms with van der Waals surface area (Å²) in [4.78, 5) is 4.79. The van der Waals surface area contributed by atoms with Gasteiger partial charge in [0.1, 0.15) is 0 Å². The first-order valence-corrected chi connectivity index (χ1v) is 7.55. The maximum Gasteiger partial charge on any atom is 0.250 e. The van der Waals surface area contributed by atoms with Crippen molar-refractivity contribution < 1.29 is 8.78 Å². The number of nitrogens with zero attached hydrogens (tertiary/aromatic N) is 2. The highest BCUT2D eigenvalue weighted by Gasteiger charge is 2.48. The highest BCUT2D eigenvalue weighted by atomic mass is 19.3. The maximum atomic E-state index is 13.3. The van der Waals surface area contributed by atoms with Gasteiger partial charge >= 0.3 is 0 Å². The average Bonchev–Trinajstić information content (AvgIpc) is 2.82. The van der Waals surface area contributed by atoms with Crippen LogP contribution in [0.5, 0.6) is 0 Å². The zero-order chi connectivity index (χ0) is 14.3. The summed E-state index contributed by atoms with van der Waals surface area (Å²) in [5.74, 6) is -2.45. The van der Waals surface area contributed by atoms with Gasteiger partial charge in [-0.2, -0.15) is 0 Å². The first-order valence-electron chi connectivity index (χ1n) is 7.55. The SMILES string of the molecule is CC(C)(N1CCCC1)C(C)(C)N1CCC(F)(F)CC1. The topological polar surface area (TPSA) is 6.48 Å². The summed E-state index contributed by atoms with van der Waals surface area (Å²) in [6.45, 7) is 12.3. The Morgan fingerprint density at radius 1 is 0.737 bits per heavy atom. The number of halogens is 2. The van der Waals surface area contributed by atoms with Gasteiger partial charge in [0.05, 0.1) is 0 Å². The molecule has 0 saturated carbocycles. The summed E-state index contributed by atoms with van der Waals surface area (Å²) in [5, 5.41) is 0. The third-order valence-corrected chi connectivity index (χ3v) is 5.68. The lowest BCUT2D eigenvalue weighted by Gasteiger charge is -2.55. The van der Waals surface area contributed by atoms with Crippen molar-refractivity contribution in [1.29, 1.82) is 0 Å². The minimum Gasteiger partial charge on any atom is -0.296 e. The largest absolute Gasteiger partial charge is 0.296 e. The Bertz CT molecular complexity index is 310. The lowest BCUT2D eigenvalue weighted by Crippen LogP contribution is -2.66.